The summed E-state index contributed by atoms with van der Waals surface area (Å²) in [4.78, 5) is 48.7. The van der Waals surface area contributed by atoms with Gasteiger partial charge in [-0.3, -0.25) is 4.79 Å². The highest BCUT2D eigenvalue weighted by atomic mass is 16.7. The van der Waals surface area contributed by atoms with Gasteiger partial charge in [0.25, 0.3) is 0 Å². The van der Waals surface area contributed by atoms with Crippen molar-refractivity contribution in [3.05, 3.63) is 23.8 Å². The standard InChI is InChI=1S/C28H43NO11/c1-17(2)14-35-26(31)38-20(7)13-29-22(25(30)34-8)11-21-9-10-23(39-27(32)36-15-18(3)4)24(12-21)40-28(33)37-16-19(5)6/h9-10,12,17-20,22,29H,11,13-16H2,1-8H3/t20?,22-/m0/s1. The van der Waals surface area contributed by atoms with E-state index in [1.54, 1.807) is 13.0 Å². The summed E-state index contributed by atoms with van der Waals surface area (Å²) in [7, 11) is 1.25. The number of carbonyl (C=O) groups is 4. The highest BCUT2D eigenvalue weighted by Crippen LogP contribution is 2.30. The lowest BCUT2D eigenvalue weighted by Gasteiger charge is -2.20. The molecule has 0 saturated heterocycles. The molecule has 2 atom stereocenters. The number of nitrogens with one attached hydrogen (secondary N) is 1. The van der Waals surface area contributed by atoms with Crippen LogP contribution in [0.5, 0.6) is 11.5 Å². The van der Waals surface area contributed by atoms with E-state index in [1.807, 2.05) is 41.5 Å². The fourth-order valence-corrected chi connectivity index (χ4v) is 2.95. The minimum atomic E-state index is -0.982. The average Bonchev–Trinajstić information content (AvgIpc) is 2.88. The van der Waals surface area contributed by atoms with Gasteiger partial charge >= 0.3 is 24.4 Å². The second-order valence-electron chi connectivity index (χ2n) is 10.5. The maximum Gasteiger partial charge on any atom is 0.513 e. The molecule has 0 aliphatic carbocycles. The van der Waals surface area contributed by atoms with Crippen molar-refractivity contribution in [3.63, 3.8) is 0 Å². The van der Waals surface area contributed by atoms with Gasteiger partial charge in [-0.15, -0.1) is 0 Å². The summed E-state index contributed by atoms with van der Waals surface area (Å²) in [6.07, 6.45) is -3.24. The second-order valence-corrected chi connectivity index (χ2v) is 10.5. The van der Waals surface area contributed by atoms with Gasteiger partial charge in [-0.05, 0) is 48.8 Å². The summed E-state index contributed by atoms with van der Waals surface area (Å²) in [5.41, 5.74) is 0.544. The van der Waals surface area contributed by atoms with Crippen molar-refractivity contribution >= 4 is 24.4 Å². The Morgan fingerprint density at radius 3 is 1.73 bits per heavy atom. The van der Waals surface area contributed by atoms with Crippen LogP contribution in [0, 0.1) is 17.8 Å². The van der Waals surface area contributed by atoms with Crippen molar-refractivity contribution in [2.75, 3.05) is 33.5 Å². The van der Waals surface area contributed by atoms with E-state index in [4.69, 9.17) is 33.2 Å². The smallest absolute Gasteiger partial charge is 0.468 e. The first-order valence-electron chi connectivity index (χ1n) is 13.3. The van der Waals surface area contributed by atoms with E-state index >= 15 is 0 Å². The maximum absolute atomic E-state index is 12.5. The van der Waals surface area contributed by atoms with Crippen molar-refractivity contribution in [3.8, 4) is 11.5 Å². The Bertz CT molecular complexity index is 962. The van der Waals surface area contributed by atoms with Gasteiger partial charge < -0.3 is 38.5 Å². The molecule has 0 saturated carbocycles. The van der Waals surface area contributed by atoms with Crippen LogP contribution in [0.4, 0.5) is 14.4 Å². The molecular formula is C28H43NO11. The van der Waals surface area contributed by atoms with E-state index in [0.717, 1.165) is 0 Å². The zero-order valence-electron chi connectivity index (χ0n) is 24.6. The van der Waals surface area contributed by atoms with Crippen molar-refractivity contribution in [2.45, 2.75) is 67.0 Å². The van der Waals surface area contributed by atoms with Crippen LogP contribution in [-0.4, -0.2) is 70.1 Å². The van der Waals surface area contributed by atoms with E-state index in [-0.39, 0.29) is 62.0 Å². The average molecular weight is 570 g/mol. The fraction of sp³-hybridized carbons (Fsp3) is 0.643. The van der Waals surface area contributed by atoms with E-state index in [0.29, 0.717) is 5.56 Å². The summed E-state index contributed by atoms with van der Waals surface area (Å²) >= 11 is 0. The molecule has 0 fully saturated rings. The Hall–Kier alpha value is -3.54. The Labute approximate surface area is 235 Å². The Kier molecular flexibility index (Phi) is 15.5. The topological polar surface area (TPSA) is 145 Å². The lowest BCUT2D eigenvalue weighted by atomic mass is 10.0. The first kappa shape index (κ1) is 34.5. The van der Waals surface area contributed by atoms with E-state index < -0.39 is 36.6 Å². The van der Waals surface area contributed by atoms with Crippen LogP contribution in [0.25, 0.3) is 0 Å². The fourth-order valence-electron chi connectivity index (χ4n) is 2.95. The van der Waals surface area contributed by atoms with Crippen LogP contribution in [0.3, 0.4) is 0 Å². The lowest BCUT2D eigenvalue weighted by Crippen LogP contribution is -2.43. The van der Waals surface area contributed by atoms with Gasteiger partial charge in [-0.2, -0.15) is 0 Å². The Morgan fingerprint density at radius 2 is 1.23 bits per heavy atom. The molecule has 1 aromatic rings. The summed E-state index contributed by atoms with van der Waals surface area (Å²) in [5.74, 6) is -0.386. The van der Waals surface area contributed by atoms with Crippen molar-refractivity contribution < 1.29 is 52.3 Å². The molecule has 1 unspecified atom stereocenters. The first-order valence-corrected chi connectivity index (χ1v) is 13.3. The SMILES string of the molecule is COC(=O)[C@H](Cc1ccc(OC(=O)OCC(C)C)c(OC(=O)OCC(C)C)c1)NCC(C)OC(=O)OCC(C)C. The molecule has 0 spiro atoms. The van der Waals surface area contributed by atoms with Gasteiger partial charge in [0.05, 0.1) is 26.9 Å². The third kappa shape index (κ3) is 14.6. The molecule has 1 rings (SSSR count). The van der Waals surface area contributed by atoms with Crippen LogP contribution in [0.2, 0.25) is 0 Å². The van der Waals surface area contributed by atoms with Crippen LogP contribution >= 0.6 is 0 Å². The van der Waals surface area contributed by atoms with Crippen LogP contribution in [-0.2, 0) is 34.9 Å². The maximum atomic E-state index is 12.5. The molecule has 0 amide bonds. The van der Waals surface area contributed by atoms with Crippen LogP contribution in [0.15, 0.2) is 18.2 Å². The molecule has 1 N–H and O–H groups in total. The Morgan fingerprint density at radius 1 is 0.725 bits per heavy atom. The number of hydrogen-bond acceptors (Lipinski definition) is 12. The zero-order chi connectivity index (χ0) is 30.2. The molecule has 1 aromatic carbocycles. The molecule has 0 bridgehead atoms. The third-order valence-corrected chi connectivity index (χ3v) is 4.87. The lowest BCUT2D eigenvalue weighted by molar-refractivity contribution is -0.143. The summed E-state index contributed by atoms with van der Waals surface area (Å²) in [6, 6.07) is 3.62. The monoisotopic (exact) mass is 569 g/mol. The largest absolute Gasteiger partial charge is 0.513 e. The van der Waals surface area contributed by atoms with Gasteiger partial charge in [-0.25, -0.2) is 14.4 Å². The molecule has 40 heavy (non-hydrogen) atoms. The number of rotatable bonds is 15. The molecule has 0 radical (unpaired) electrons. The third-order valence-electron chi connectivity index (χ3n) is 4.87. The van der Waals surface area contributed by atoms with E-state index in [9.17, 15) is 19.2 Å². The van der Waals surface area contributed by atoms with Gasteiger partial charge in [0.15, 0.2) is 11.5 Å². The van der Waals surface area contributed by atoms with Gasteiger partial charge in [0.1, 0.15) is 12.1 Å². The second kappa shape index (κ2) is 17.9. The van der Waals surface area contributed by atoms with Crippen molar-refractivity contribution in [2.24, 2.45) is 17.8 Å². The molecule has 12 nitrogen and oxygen atoms in total. The molecule has 226 valence electrons. The van der Waals surface area contributed by atoms with E-state index in [1.165, 1.54) is 19.2 Å². The summed E-state index contributed by atoms with van der Waals surface area (Å²) < 4.78 is 35.8. The number of ether oxygens (including phenoxy) is 7. The quantitative estimate of drug-likeness (QED) is 0.174. The number of carbonyl (C=O) groups excluding carboxylic acids is 4. The van der Waals surface area contributed by atoms with Gasteiger partial charge in [0.2, 0.25) is 0 Å². The molecule has 12 heteroatoms. The van der Waals surface area contributed by atoms with E-state index in [2.05, 4.69) is 5.32 Å². The predicted molar refractivity (Wildman–Crippen MR) is 144 cm³/mol. The number of benzene rings is 1. The van der Waals surface area contributed by atoms with Crippen molar-refractivity contribution in [1.82, 2.24) is 5.32 Å². The summed E-state index contributed by atoms with van der Waals surface area (Å²) in [5, 5.41) is 3.01. The van der Waals surface area contributed by atoms with Crippen LogP contribution < -0.4 is 14.8 Å². The normalized spacial score (nSPS) is 12.5. The highest BCUT2D eigenvalue weighted by Gasteiger charge is 2.23. The zero-order valence-corrected chi connectivity index (χ0v) is 24.6. The number of hydrogen-bond donors (Lipinski definition) is 1. The molecular weight excluding hydrogens is 526 g/mol. The molecule has 0 heterocycles. The molecule has 0 aromatic heterocycles. The number of methoxy groups -OCH3 is 1. The minimum absolute atomic E-state index is 0.0662. The number of esters is 1. The summed E-state index contributed by atoms with van der Waals surface area (Å²) in [6.45, 7) is 13.6. The first-order chi connectivity index (χ1) is 18.8. The molecule has 0 aliphatic heterocycles. The predicted octanol–water partition coefficient (Wildman–Crippen LogP) is 4.90. The highest BCUT2D eigenvalue weighted by molar-refractivity contribution is 5.76. The Balaban J connectivity index is 3.01. The van der Waals surface area contributed by atoms with Gasteiger partial charge in [-0.1, -0.05) is 47.6 Å². The van der Waals surface area contributed by atoms with Crippen molar-refractivity contribution in [1.29, 1.82) is 0 Å². The molecule has 0 aliphatic rings. The van der Waals surface area contributed by atoms with Gasteiger partial charge in [0, 0.05) is 6.54 Å². The van der Waals surface area contributed by atoms with Crippen LogP contribution in [0.1, 0.15) is 54.0 Å². The minimum Gasteiger partial charge on any atom is -0.468 e.